The van der Waals surface area contributed by atoms with Gasteiger partial charge in [-0.2, -0.15) is 0 Å². The Kier molecular flexibility index (Phi) is 3.70. The van der Waals surface area contributed by atoms with Gasteiger partial charge in [0.2, 0.25) is 0 Å². The second-order valence-corrected chi connectivity index (χ2v) is 4.34. The van der Waals surface area contributed by atoms with Gasteiger partial charge in [0.05, 0.1) is 0 Å². The highest BCUT2D eigenvalue weighted by atomic mass is 35.5. The van der Waals surface area contributed by atoms with E-state index in [9.17, 15) is 0 Å². The highest BCUT2D eigenvalue weighted by Gasteiger charge is 2.03. The number of ether oxygens (including phenoxy) is 1. The summed E-state index contributed by atoms with van der Waals surface area (Å²) in [5.74, 6) is 2.28. The molecule has 0 atom stereocenters. The van der Waals surface area contributed by atoms with Crippen LogP contribution in [0.15, 0.2) is 42.5 Å². The van der Waals surface area contributed by atoms with Crippen LogP contribution in [0.2, 0.25) is 0 Å². The Morgan fingerprint density at radius 1 is 1.00 bits per heavy atom. The molecule has 0 radical (unpaired) electrons. The van der Waals surface area contributed by atoms with Crippen molar-refractivity contribution in [1.82, 2.24) is 0 Å². The van der Waals surface area contributed by atoms with Gasteiger partial charge < -0.3 is 4.74 Å². The summed E-state index contributed by atoms with van der Waals surface area (Å²) < 4.78 is 5.85. The van der Waals surface area contributed by atoms with Crippen molar-refractivity contribution in [3.8, 4) is 11.5 Å². The van der Waals surface area contributed by atoms with E-state index in [2.05, 4.69) is 19.9 Å². The second-order valence-electron chi connectivity index (χ2n) is 4.08. The zero-order valence-corrected chi connectivity index (χ0v) is 10.8. The molecule has 1 nitrogen and oxygen atoms in total. The van der Waals surface area contributed by atoms with E-state index < -0.39 is 0 Å². The Hall–Kier alpha value is -1.47. The minimum Gasteiger partial charge on any atom is -0.457 e. The van der Waals surface area contributed by atoms with Gasteiger partial charge in [-0.3, -0.25) is 0 Å². The van der Waals surface area contributed by atoms with E-state index >= 15 is 0 Å². The molecule has 0 heterocycles. The Balaban J connectivity index is 2.22. The van der Waals surface area contributed by atoms with Crippen LogP contribution in [0.25, 0.3) is 0 Å². The van der Waals surface area contributed by atoms with Gasteiger partial charge in [0.1, 0.15) is 11.5 Å². The summed E-state index contributed by atoms with van der Waals surface area (Å²) in [7, 11) is 0. The number of hydrogen-bond acceptors (Lipinski definition) is 1. The van der Waals surface area contributed by atoms with Crippen LogP contribution in [0.3, 0.4) is 0 Å². The molecule has 2 aromatic rings. The Labute approximate surface area is 107 Å². The maximum Gasteiger partial charge on any atom is 0.130 e. The van der Waals surface area contributed by atoms with Crippen LogP contribution < -0.4 is 4.74 Å². The van der Waals surface area contributed by atoms with E-state index in [1.807, 2.05) is 36.4 Å². The lowest BCUT2D eigenvalue weighted by Crippen LogP contribution is -1.90. The van der Waals surface area contributed by atoms with E-state index in [0.29, 0.717) is 5.88 Å². The number of halogens is 1. The van der Waals surface area contributed by atoms with Crippen molar-refractivity contribution in [3.05, 3.63) is 59.2 Å². The van der Waals surface area contributed by atoms with E-state index in [1.165, 1.54) is 11.1 Å². The van der Waals surface area contributed by atoms with Crippen LogP contribution in [0, 0.1) is 13.8 Å². The minimum absolute atomic E-state index is 0.532. The Bertz CT molecular complexity index is 503. The third kappa shape index (κ3) is 2.80. The zero-order chi connectivity index (χ0) is 12.3. The number of benzene rings is 2. The molecular formula is C15H15ClO. The third-order valence-corrected chi connectivity index (χ3v) is 3.17. The molecule has 0 aliphatic heterocycles. The summed E-state index contributed by atoms with van der Waals surface area (Å²) in [5, 5.41) is 0. The molecule has 88 valence electrons. The lowest BCUT2D eigenvalue weighted by atomic mass is 10.1. The third-order valence-electron chi connectivity index (χ3n) is 2.86. The zero-order valence-electron chi connectivity index (χ0n) is 10.0. The average molecular weight is 247 g/mol. The molecule has 2 heteroatoms. The van der Waals surface area contributed by atoms with Crippen LogP contribution in [-0.2, 0) is 5.88 Å². The van der Waals surface area contributed by atoms with Crippen molar-refractivity contribution in [2.75, 3.05) is 0 Å². The Morgan fingerprint density at radius 3 is 2.35 bits per heavy atom. The maximum absolute atomic E-state index is 5.85. The Morgan fingerprint density at radius 2 is 1.71 bits per heavy atom. The monoisotopic (exact) mass is 246 g/mol. The summed E-state index contributed by atoms with van der Waals surface area (Å²) in [6.45, 7) is 4.15. The smallest absolute Gasteiger partial charge is 0.130 e. The van der Waals surface area contributed by atoms with Crippen molar-refractivity contribution in [2.45, 2.75) is 19.7 Å². The molecule has 0 saturated carbocycles. The van der Waals surface area contributed by atoms with Crippen molar-refractivity contribution < 1.29 is 4.74 Å². The minimum atomic E-state index is 0.532. The van der Waals surface area contributed by atoms with Crippen LogP contribution >= 0.6 is 11.6 Å². The summed E-state index contributed by atoms with van der Waals surface area (Å²) in [6, 6.07) is 13.9. The summed E-state index contributed by atoms with van der Waals surface area (Å²) in [6.07, 6.45) is 0. The van der Waals surface area contributed by atoms with E-state index in [-0.39, 0.29) is 0 Å². The highest BCUT2D eigenvalue weighted by Crippen LogP contribution is 2.27. The van der Waals surface area contributed by atoms with Crippen molar-refractivity contribution in [3.63, 3.8) is 0 Å². The van der Waals surface area contributed by atoms with Gasteiger partial charge in [-0.15, -0.1) is 11.6 Å². The first-order valence-electron chi connectivity index (χ1n) is 5.59. The van der Waals surface area contributed by atoms with Gasteiger partial charge in [0.15, 0.2) is 0 Å². The number of aryl methyl sites for hydroxylation is 1. The largest absolute Gasteiger partial charge is 0.457 e. The van der Waals surface area contributed by atoms with Gasteiger partial charge in [0.25, 0.3) is 0 Å². The van der Waals surface area contributed by atoms with Gasteiger partial charge in [-0.25, -0.2) is 0 Å². The molecule has 0 aliphatic carbocycles. The summed E-state index contributed by atoms with van der Waals surface area (Å²) >= 11 is 5.74. The molecular weight excluding hydrogens is 232 g/mol. The lowest BCUT2D eigenvalue weighted by Gasteiger charge is -2.10. The van der Waals surface area contributed by atoms with Gasteiger partial charge in [0, 0.05) is 5.88 Å². The highest BCUT2D eigenvalue weighted by molar-refractivity contribution is 6.17. The standard InChI is InChI=1S/C15H15ClO/c1-11-4-3-5-15(12(11)2)17-14-8-6-13(10-16)7-9-14/h3-9H,10H2,1-2H3. The molecule has 0 aliphatic rings. The molecule has 0 unspecified atom stereocenters. The average Bonchev–Trinajstić information content (AvgIpc) is 2.36. The second kappa shape index (κ2) is 5.24. The molecule has 0 N–H and O–H groups in total. The van der Waals surface area contributed by atoms with Crippen molar-refractivity contribution >= 4 is 11.6 Å². The molecule has 17 heavy (non-hydrogen) atoms. The van der Waals surface area contributed by atoms with Gasteiger partial charge in [-0.05, 0) is 48.7 Å². The van der Waals surface area contributed by atoms with Crippen molar-refractivity contribution in [1.29, 1.82) is 0 Å². The number of alkyl halides is 1. The first-order valence-corrected chi connectivity index (χ1v) is 6.13. The van der Waals surface area contributed by atoms with Crippen LogP contribution in [-0.4, -0.2) is 0 Å². The molecule has 0 saturated heterocycles. The predicted molar refractivity (Wildman–Crippen MR) is 72.0 cm³/mol. The molecule has 0 spiro atoms. The van der Waals surface area contributed by atoms with Gasteiger partial charge in [-0.1, -0.05) is 24.3 Å². The molecule has 0 fully saturated rings. The fraction of sp³-hybridized carbons (Fsp3) is 0.200. The van der Waals surface area contributed by atoms with Crippen molar-refractivity contribution in [2.24, 2.45) is 0 Å². The van der Waals surface area contributed by atoms with E-state index in [1.54, 1.807) is 0 Å². The van der Waals surface area contributed by atoms with Crippen LogP contribution in [0.1, 0.15) is 16.7 Å². The topological polar surface area (TPSA) is 9.23 Å². The summed E-state index contributed by atoms with van der Waals surface area (Å²) in [5.41, 5.74) is 3.51. The predicted octanol–water partition coefficient (Wildman–Crippen LogP) is 4.83. The first kappa shape index (κ1) is 12.0. The fourth-order valence-electron chi connectivity index (χ4n) is 1.61. The van der Waals surface area contributed by atoms with E-state index in [4.69, 9.17) is 16.3 Å². The van der Waals surface area contributed by atoms with E-state index in [0.717, 1.165) is 17.1 Å². The molecule has 2 rings (SSSR count). The molecule has 0 amide bonds. The number of rotatable bonds is 3. The lowest BCUT2D eigenvalue weighted by molar-refractivity contribution is 0.478. The maximum atomic E-state index is 5.85. The molecule has 0 aromatic heterocycles. The molecule has 0 bridgehead atoms. The van der Waals surface area contributed by atoms with Gasteiger partial charge >= 0.3 is 0 Å². The first-order chi connectivity index (χ1) is 8.20. The van der Waals surface area contributed by atoms with Crippen LogP contribution in [0.4, 0.5) is 0 Å². The summed E-state index contributed by atoms with van der Waals surface area (Å²) in [4.78, 5) is 0. The fourth-order valence-corrected chi connectivity index (χ4v) is 1.79. The number of hydrogen-bond donors (Lipinski definition) is 0. The SMILES string of the molecule is Cc1cccc(Oc2ccc(CCl)cc2)c1C. The molecule has 2 aromatic carbocycles. The quantitative estimate of drug-likeness (QED) is 0.705. The normalized spacial score (nSPS) is 10.3. The van der Waals surface area contributed by atoms with Crippen LogP contribution in [0.5, 0.6) is 11.5 Å².